The molecule has 7 heteroatoms. The molecule has 1 heterocycles. The van der Waals surface area contributed by atoms with Gasteiger partial charge in [0.1, 0.15) is 0 Å². The van der Waals surface area contributed by atoms with E-state index in [0.717, 1.165) is 50.1 Å². The predicted molar refractivity (Wildman–Crippen MR) is 116 cm³/mol. The number of amides is 2. The fourth-order valence-corrected chi connectivity index (χ4v) is 5.78. The van der Waals surface area contributed by atoms with Crippen molar-refractivity contribution in [2.24, 2.45) is 0 Å². The van der Waals surface area contributed by atoms with Crippen LogP contribution in [0.3, 0.4) is 0 Å². The Balaban J connectivity index is 1.68. The van der Waals surface area contributed by atoms with Crippen molar-refractivity contribution in [3.05, 3.63) is 24.3 Å². The summed E-state index contributed by atoms with van der Waals surface area (Å²) in [4.78, 5) is 15.0. The third-order valence-electron chi connectivity index (χ3n) is 5.55. The molecular weight excluding hydrogens is 374 g/mol. The number of morpholine rings is 1. The van der Waals surface area contributed by atoms with Crippen LogP contribution in [-0.2, 0) is 15.5 Å². The zero-order valence-electron chi connectivity index (χ0n) is 17.1. The number of nitrogens with zero attached hydrogens (tertiary/aromatic N) is 1. The van der Waals surface area contributed by atoms with Crippen LogP contribution >= 0.6 is 0 Å². The minimum absolute atomic E-state index is 0.0230. The number of carbonyl (C=O) groups excluding carboxylic acids is 1. The lowest BCUT2D eigenvalue weighted by Crippen LogP contribution is -2.49. The third kappa shape index (κ3) is 5.26. The number of benzene rings is 1. The number of urea groups is 1. The first-order chi connectivity index (χ1) is 13.5. The van der Waals surface area contributed by atoms with Gasteiger partial charge in [0.25, 0.3) is 0 Å². The Morgan fingerprint density at radius 1 is 1.18 bits per heavy atom. The van der Waals surface area contributed by atoms with Gasteiger partial charge in [0.2, 0.25) is 0 Å². The molecule has 1 aromatic carbocycles. The molecule has 6 nitrogen and oxygen atoms in total. The van der Waals surface area contributed by atoms with Crippen LogP contribution in [0.15, 0.2) is 24.3 Å². The van der Waals surface area contributed by atoms with Crippen molar-refractivity contribution in [2.45, 2.75) is 70.0 Å². The van der Waals surface area contributed by atoms with Gasteiger partial charge >= 0.3 is 6.03 Å². The number of carbonyl (C=O) groups is 1. The first-order valence-electron chi connectivity index (χ1n) is 10.4. The van der Waals surface area contributed by atoms with Crippen molar-refractivity contribution in [3.63, 3.8) is 0 Å². The van der Waals surface area contributed by atoms with Crippen LogP contribution in [-0.4, -0.2) is 52.6 Å². The fourth-order valence-electron chi connectivity index (χ4n) is 4.35. The quantitative estimate of drug-likeness (QED) is 0.784. The SMILES string of the molecule is CC[S@](=O)[C@@H]1CCCC[C@@H]1NC(=O)Nc1ccccc1N1C[C@H](C)O[C@@H](C)C1. The zero-order chi connectivity index (χ0) is 20.1. The molecule has 1 saturated carbocycles. The summed E-state index contributed by atoms with van der Waals surface area (Å²) in [5.41, 5.74) is 1.81. The number of rotatable bonds is 5. The maximum atomic E-state index is 12.7. The molecule has 2 amide bonds. The van der Waals surface area contributed by atoms with E-state index < -0.39 is 10.8 Å². The molecule has 1 aliphatic carbocycles. The van der Waals surface area contributed by atoms with E-state index in [1.165, 1.54) is 0 Å². The maximum absolute atomic E-state index is 12.7. The zero-order valence-corrected chi connectivity index (χ0v) is 18.0. The van der Waals surface area contributed by atoms with E-state index in [2.05, 4.69) is 29.4 Å². The molecule has 0 unspecified atom stereocenters. The lowest BCUT2D eigenvalue weighted by molar-refractivity contribution is -0.00517. The summed E-state index contributed by atoms with van der Waals surface area (Å²) in [6.07, 6.45) is 4.28. The molecule has 3 rings (SSSR count). The normalized spacial score (nSPS) is 29.2. The van der Waals surface area contributed by atoms with Crippen LogP contribution in [0.2, 0.25) is 0 Å². The number of hydrogen-bond donors (Lipinski definition) is 2. The van der Waals surface area contributed by atoms with Crippen LogP contribution in [0.1, 0.15) is 46.5 Å². The van der Waals surface area contributed by atoms with Crippen molar-refractivity contribution >= 4 is 28.2 Å². The molecule has 2 aliphatic rings. The van der Waals surface area contributed by atoms with Crippen molar-refractivity contribution in [1.29, 1.82) is 0 Å². The molecule has 5 atom stereocenters. The average molecular weight is 408 g/mol. The Bertz CT molecular complexity index is 689. The van der Waals surface area contributed by atoms with Crippen LogP contribution in [0, 0.1) is 0 Å². The molecule has 1 saturated heterocycles. The van der Waals surface area contributed by atoms with E-state index >= 15 is 0 Å². The van der Waals surface area contributed by atoms with Gasteiger partial charge in [-0.2, -0.15) is 0 Å². The van der Waals surface area contributed by atoms with Crippen LogP contribution < -0.4 is 15.5 Å². The molecular formula is C21H33N3O3S. The van der Waals surface area contributed by atoms with Gasteiger partial charge in [-0.05, 0) is 38.8 Å². The van der Waals surface area contributed by atoms with Gasteiger partial charge in [-0.15, -0.1) is 0 Å². The molecule has 0 radical (unpaired) electrons. The Morgan fingerprint density at radius 2 is 1.86 bits per heavy atom. The summed E-state index contributed by atoms with van der Waals surface area (Å²) in [5.74, 6) is 0.640. The molecule has 1 aromatic rings. The Morgan fingerprint density at radius 3 is 2.57 bits per heavy atom. The molecule has 0 spiro atoms. The van der Waals surface area contributed by atoms with Crippen molar-refractivity contribution in [2.75, 3.05) is 29.1 Å². The summed E-state index contributed by atoms with van der Waals surface area (Å²) >= 11 is 0. The lowest BCUT2D eigenvalue weighted by Gasteiger charge is -2.37. The highest BCUT2D eigenvalue weighted by molar-refractivity contribution is 7.85. The number of anilines is 2. The monoisotopic (exact) mass is 407 g/mol. The van der Waals surface area contributed by atoms with Gasteiger partial charge in [-0.25, -0.2) is 4.79 Å². The maximum Gasteiger partial charge on any atom is 0.319 e. The summed E-state index contributed by atoms with van der Waals surface area (Å²) in [5, 5.41) is 6.18. The lowest BCUT2D eigenvalue weighted by atomic mass is 9.95. The number of ether oxygens (including phenoxy) is 1. The van der Waals surface area contributed by atoms with Gasteiger partial charge in [0.15, 0.2) is 0 Å². The highest BCUT2D eigenvalue weighted by Crippen LogP contribution is 2.29. The van der Waals surface area contributed by atoms with Crippen molar-refractivity contribution in [1.82, 2.24) is 5.32 Å². The van der Waals surface area contributed by atoms with Gasteiger partial charge in [0, 0.05) is 35.7 Å². The van der Waals surface area contributed by atoms with Crippen LogP contribution in [0.4, 0.5) is 16.2 Å². The number of hydrogen-bond acceptors (Lipinski definition) is 4. The Hall–Kier alpha value is -1.60. The van der Waals surface area contributed by atoms with Crippen LogP contribution in [0.25, 0.3) is 0 Å². The van der Waals surface area contributed by atoms with Gasteiger partial charge in [-0.1, -0.05) is 31.9 Å². The molecule has 1 aliphatic heterocycles. The summed E-state index contributed by atoms with van der Waals surface area (Å²) in [7, 11) is -0.887. The Kier molecular flexibility index (Phi) is 7.35. The number of para-hydroxylation sites is 2. The van der Waals surface area contributed by atoms with E-state index in [1.54, 1.807) is 0 Å². The average Bonchev–Trinajstić information content (AvgIpc) is 2.67. The minimum atomic E-state index is -0.887. The van der Waals surface area contributed by atoms with Crippen LogP contribution in [0.5, 0.6) is 0 Å². The second-order valence-corrected chi connectivity index (χ2v) is 9.82. The molecule has 156 valence electrons. The van der Waals surface area contributed by atoms with Gasteiger partial charge in [-0.3, -0.25) is 4.21 Å². The highest BCUT2D eigenvalue weighted by Gasteiger charge is 2.30. The first-order valence-corrected chi connectivity index (χ1v) is 11.8. The summed E-state index contributed by atoms with van der Waals surface area (Å²) in [6, 6.07) is 7.65. The van der Waals surface area contributed by atoms with Gasteiger partial charge in [0.05, 0.1) is 28.8 Å². The summed E-state index contributed by atoms with van der Waals surface area (Å²) in [6.45, 7) is 7.68. The second-order valence-electron chi connectivity index (χ2n) is 7.88. The number of nitrogens with one attached hydrogen (secondary N) is 2. The molecule has 28 heavy (non-hydrogen) atoms. The summed E-state index contributed by atoms with van der Waals surface area (Å²) < 4.78 is 18.2. The van der Waals surface area contributed by atoms with E-state index in [0.29, 0.717) is 5.75 Å². The molecule has 2 fully saturated rings. The predicted octanol–water partition coefficient (Wildman–Crippen LogP) is 3.50. The third-order valence-corrected chi connectivity index (χ3v) is 7.36. The standard InChI is InChI=1S/C21H33N3O3S/c1-4-28(26)20-12-8-6-10-18(20)23-21(25)22-17-9-5-7-11-19(17)24-13-15(2)27-16(3)14-24/h5,7,9,11,15-16,18,20H,4,6,8,10,12-14H2,1-3H3,(H2,22,23,25)/t15-,16-,18-,20+,28-/m0/s1. The second kappa shape index (κ2) is 9.74. The molecule has 0 bridgehead atoms. The molecule has 0 aromatic heterocycles. The van der Waals surface area contributed by atoms with E-state index in [9.17, 15) is 9.00 Å². The smallest absolute Gasteiger partial charge is 0.319 e. The minimum Gasteiger partial charge on any atom is -0.372 e. The van der Waals surface area contributed by atoms with Crippen molar-refractivity contribution < 1.29 is 13.7 Å². The largest absolute Gasteiger partial charge is 0.372 e. The van der Waals surface area contributed by atoms with E-state index in [1.807, 2.05) is 31.2 Å². The van der Waals surface area contributed by atoms with Gasteiger partial charge < -0.3 is 20.3 Å². The first kappa shape index (κ1) is 21.1. The molecule has 2 N–H and O–H groups in total. The van der Waals surface area contributed by atoms with E-state index in [-0.39, 0.29) is 29.5 Å². The van der Waals surface area contributed by atoms with E-state index in [4.69, 9.17) is 4.74 Å². The fraction of sp³-hybridized carbons (Fsp3) is 0.667. The topological polar surface area (TPSA) is 70.7 Å². The highest BCUT2D eigenvalue weighted by atomic mass is 32.2. The Labute approximate surface area is 170 Å². The van der Waals surface area contributed by atoms with Crippen molar-refractivity contribution in [3.8, 4) is 0 Å².